The summed E-state index contributed by atoms with van der Waals surface area (Å²) in [6.07, 6.45) is 0.914. The van der Waals surface area contributed by atoms with Gasteiger partial charge in [-0.05, 0) is 18.6 Å². The van der Waals surface area contributed by atoms with Crippen LogP contribution in [0.4, 0.5) is 0 Å². The zero-order chi connectivity index (χ0) is 11.4. The lowest BCUT2D eigenvalue weighted by molar-refractivity contribution is -0.118. The van der Waals surface area contributed by atoms with Crippen LogP contribution in [0.3, 0.4) is 0 Å². The van der Waals surface area contributed by atoms with Gasteiger partial charge >= 0.3 is 0 Å². The van der Waals surface area contributed by atoms with E-state index in [1.807, 2.05) is 13.0 Å². The van der Waals surface area contributed by atoms with Crippen molar-refractivity contribution < 1.29 is 9.59 Å². The molecule has 2 N–H and O–H groups in total. The van der Waals surface area contributed by atoms with Gasteiger partial charge in [-0.3, -0.25) is 9.59 Å². The van der Waals surface area contributed by atoms with Gasteiger partial charge in [0.25, 0.3) is 5.91 Å². The summed E-state index contributed by atoms with van der Waals surface area (Å²) in [6.45, 7) is 1.99. The molecule has 0 fully saturated rings. The number of hydrogen-bond donors (Lipinski definition) is 1. The summed E-state index contributed by atoms with van der Waals surface area (Å²) < 4.78 is 0. The van der Waals surface area contributed by atoms with Gasteiger partial charge in [-0.25, -0.2) is 0 Å². The number of likely N-dealkylation sites (N-methyl/N-ethyl adjacent to an activating group) is 1. The average Bonchev–Trinajstić information content (AvgIpc) is 2.63. The zero-order valence-corrected chi connectivity index (χ0v) is 9.63. The van der Waals surface area contributed by atoms with Crippen molar-refractivity contribution >= 4 is 23.2 Å². The van der Waals surface area contributed by atoms with Crippen LogP contribution in [0, 0.1) is 0 Å². The van der Waals surface area contributed by atoms with Crippen molar-refractivity contribution in [2.75, 3.05) is 13.6 Å². The first kappa shape index (κ1) is 11.7. The number of primary amides is 1. The molecule has 0 aliphatic carbocycles. The quantitative estimate of drug-likeness (QED) is 0.828. The van der Waals surface area contributed by atoms with E-state index in [2.05, 4.69) is 0 Å². The molecule has 1 aromatic rings. The lowest BCUT2D eigenvalue weighted by Crippen LogP contribution is -2.34. The summed E-state index contributed by atoms with van der Waals surface area (Å²) in [4.78, 5) is 25.5. The second-order valence-corrected chi connectivity index (χ2v) is 4.42. The molecule has 0 atom stereocenters. The van der Waals surface area contributed by atoms with E-state index >= 15 is 0 Å². The summed E-state index contributed by atoms with van der Waals surface area (Å²) in [6, 6.07) is 3.71. The Balaban J connectivity index is 2.71. The summed E-state index contributed by atoms with van der Waals surface area (Å²) in [5.41, 5.74) is 5.01. The van der Waals surface area contributed by atoms with Crippen molar-refractivity contribution in [1.29, 1.82) is 0 Å². The predicted octanol–water partition coefficient (Wildman–Crippen LogP) is 0.868. The number of aryl methyl sites for hydroxylation is 1. The maximum Gasteiger partial charge on any atom is 0.264 e. The van der Waals surface area contributed by atoms with Crippen molar-refractivity contribution in [3.8, 4) is 0 Å². The minimum absolute atomic E-state index is 0.0435. The van der Waals surface area contributed by atoms with Crippen LogP contribution in [0.1, 0.15) is 21.5 Å². The Labute approximate surface area is 92.7 Å². The van der Waals surface area contributed by atoms with Crippen LogP contribution in [0.2, 0.25) is 0 Å². The van der Waals surface area contributed by atoms with Crippen molar-refractivity contribution in [3.05, 3.63) is 21.9 Å². The molecule has 0 aromatic carbocycles. The van der Waals surface area contributed by atoms with Gasteiger partial charge in [0, 0.05) is 11.9 Å². The fourth-order valence-electron chi connectivity index (χ4n) is 1.18. The van der Waals surface area contributed by atoms with Crippen LogP contribution in [-0.4, -0.2) is 30.3 Å². The lowest BCUT2D eigenvalue weighted by atomic mass is 10.3. The molecule has 15 heavy (non-hydrogen) atoms. The van der Waals surface area contributed by atoms with Crippen molar-refractivity contribution in [2.24, 2.45) is 5.73 Å². The largest absolute Gasteiger partial charge is 0.368 e. The Bertz CT molecular complexity index is 373. The van der Waals surface area contributed by atoms with E-state index in [1.165, 1.54) is 16.2 Å². The number of amides is 2. The van der Waals surface area contributed by atoms with E-state index in [9.17, 15) is 9.59 Å². The number of carbonyl (C=O) groups excluding carboxylic acids is 2. The molecule has 0 aliphatic rings. The number of rotatable bonds is 4. The lowest BCUT2D eigenvalue weighted by Gasteiger charge is -2.13. The first-order valence-electron chi connectivity index (χ1n) is 4.67. The third-order valence-electron chi connectivity index (χ3n) is 1.96. The van der Waals surface area contributed by atoms with Crippen LogP contribution in [-0.2, 0) is 11.2 Å². The van der Waals surface area contributed by atoms with Crippen LogP contribution < -0.4 is 5.73 Å². The third kappa shape index (κ3) is 3.06. The smallest absolute Gasteiger partial charge is 0.264 e. The number of carbonyl (C=O) groups is 2. The Hall–Kier alpha value is -1.36. The molecule has 0 spiro atoms. The highest BCUT2D eigenvalue weighted by Crippen LogP contribution is 2.18. The number of thiophene rings is 1. The second kappa shape index (κ2) is 4.93. The Morgan fingerprint density at radius 1 is 1.47 bits per heavy atom. The monoisotopic (exact) mass is 226 g/mol. The zero-order valence-electron chi connectivity index (χ0n) is 8.82. The van der Waals surface area contributed by atoms with E-state index in [-0.39, 0.29) is 12.5 Å². The number of nitrogens with zero attached hydrogens (tertiary/aromatic N) is 1. The molecule has 0 aliphatic heterocycles. The van der Waals surface area contributed by atoms with Crippen molar-refractivity contribution in [1.82, 2.24) is 4.90 Å². The van der Waals surface area contributed by atoms with Gasteiger partial charge in [-0.2, -0.15) is 0 Å². The van der Waals surface area contributed by atoms with Gasteiger partial charge in [0.05, 0.1) is 11.4 Å². The molecule has 0 radical (unpaired) electrons. The Morgan fingerprint density at radius 2 is 2.13 bits per heavy atom. The van der Waals surface area contributed by atoms with E-state index in [0.29, 0.717) is 4.88 Å². The second-order valence-electron chi connectivity index (χ2n) is 3.25. The van der Waals surface area contributed by atoms with E-state index in [1.54, 1.807) is 13.1 Å². The van der Waals surface area contributed by atoms with Gasteiger partial charge in [0.15, 0.2) is 0 Å². The predicted molar refractivity (Wildman–Crippen MR) is 59.9 cm³/mol. The van der Waals surface area contributed by atoms with Crippen molar-refractivity contribution in [3.63, 3.8) is 0 Å². The molecule has 0 bridgehead atoms. The highest BCUT2D eigenvalue weighted by molar-refractivity contribution is 7.14. The van der Waals surface area contributed by atoms with Gasteiger partial charge in [0.2, 0.25) is 5.91 Å². The Kier molecular flexibility index (Phi) is 3.85. The molecule has 0 unspecified atom stereocenters. The van der Waals surface area contributed by atoms with Crippen LogP contribution >= 0.6 is 11.3 Å². The van der Waals surface area contributed by atoms with Gasteiger partial charge < -0.3 is 10.6 Å². The van der Waals surface area contributed by atoms with Gasteiger partial charge in [-0.15, -0.1) is 11.3 Å². The molecule has 0 saturated heterocycles. The molecule has 1 heterocycles. The van der Waals surface area contributed by atoms with Gasteiger partial charge in [-0.1, -0.05) is 6.92 Å². The molecular formula is C10H14N2O2S. The normalized spacial score (nSPS) is 10.0. The average molecular weight is 226 g/mol. The van der Waals surface area contributed by atoms with Crippen molar-refractivity contribution in [2.45, 2.75) is 13.3 Å². The molecule has 0 saturated carbocycles. The molecule has 5 heteroatoms. The molecule has 1 rings (SSSR count). The minimum atomic E-state index is -0.502. The highest BCUT2D eigenvalue weighted by Gasteiger charge is 2.15. The SMILES string of the molecule is CCc1ccc(C(=O)N(C)CC(N)=O)s1. The van der Waals surface area contributed by atoms with E-state index in [4.69, 9.17) is 5.73 Å². The summed E-state index contributed by atoms with van der Waals surface area (Å²) in [5, 5.41) is 0. The first-order valence-corrected chi connectivity index (χ1v) is 5.48. The van der Waals surface area contributed by atoms with E-state index in [0.717, 1.165) is 11.3 Å². The number of hydrogen-bond acceptors (Lipinski definition) is 3. The highest BCUT2D eigenvalue weighted by atomic mass is 32.1. The third-order valence-corrected chi connectivity index (χ3v) is 3.18. The topological polar surface area (TPSA) is 63.4 Å². The molecule has 82 valence electrons. The minimum Gasteiger partial charge on any atom is -0.368 e. The molecule has 2 amide bonds. The fraction of sp³-hybridized carbons (Fsp3) is 0.400. The van der Waals surface area contributed by atoms with Crippen LogP contribution in [0.15, 0.2) is 12.1 Å². The summed E-state index contributed by atoms with van der Waals surface area (Å²) in [7, 11) is 1.57. The summed E-state index contributed by atoms with van der Waals surface area (Å²) >= 11 is 1.45. The molecule has 4 nitrogen and oxygen atoms in total. The summed E-state index contributed by atoms with van der Waals surface area (Å²) in [5.74, 6) is -0.656. The maximum absolute atomic E-state index is 11.7. The first-order chi connectivity index (χ1) is 7.04. The Morgan fingerprint density at radius 3 is 2.60 bits per heavy atom. The van der Waals surface area contributed by atoms with Crippen LogP contribution in [0.5, 0.6) is 0 Å². The van der Waals surface area contributed by atoms with E-state index < -0.39 is 5.91 Å². The molecular weight excluding hydrogens is 212 g/mol. The maximum atomic E-state index is 11.7. The number of nitrogens with two attached hydrogens (primary N) is 1. The van der Waals surface area contributed by atoms with Gasteiger partial charge in [0.1, 0.15) is 0 Å². The van der Waals surface area contributed by atoms with Crippen LogP contribution in [0.25, 0.3) is 0 Å². The fourth-order valence-corrected chi connectivity index (χ4v) is 2.12. The molecule has 1 aromatic heterocycles. The standard InChI is InChI=1S/C10H14N2O2S/c1-3-7-4-5-8(15-7)10(14)12(2)6-9(11)13/h4-5H,3,6H2,1-2H3,(H2,11,13).